The van der Waals surface area contributed by atoms with E-state index in [2.05, 4.69) is 15.9 Å². The van der Waals surface area contributed by atoms with Crippen molar-refractivity contribution in [2.45, 2.75) is 18.8 Å². The quantitative estimate of drug-likeness (QED) is 0.404. The number of hydrogen-bond donors (Lipinski definition) is 0. The first-order chi connectivity index (χ1) is 11.7. The lowest BCUT2D eigenvalue weighted by Crippen LogP contribution is -2.48. The van der Waals surface area contributed by atoms with Gasteiger partial charge in [0.05, 0.1) is 6.07 Å². The summed E-state index contributed by atoms with van der Waals surface area (Å²) in [5.41, 5.74) is -2.62. The smallest absolute Gasteiger partial charge is 0.356 e. The third-order valence-corrected chi connectivity index (χ3v) is 4.76. The molecule has 1 aromatic rings. The van der Waals surface area contributed by atoms with Gasteiger partial charge in [-0.3, -0.25) is 0 Å². The number of allylic oxidation sites excluding steroid dienone is 1. The summed E-state index contributed by atoms with van der Waals surface area (Å²) in [5, 5.41) is 9.54. The maximum atomic E-state index is 13.5. The molecule has 0 spiro atoms. The number of alkyl halides is 3. The summed E-state index contributed by atoms with van der Waals surface area (Å²) in [5.74, 6) is -1.87. The van der Waals surface area contributed by atoms with Crippen molar-refractivity contribution in [2.24, 2.45) is 5.92 Å². The monoisotopic (exact) mass is 422 g/mol. The van der Waals surface area contributed by atoms with Gasteiger partial charge in [-0.1, -0.05) is 28.1 Å². The lowest BCUT2D eigenvalue weighted by Gasteiger charge is -2.41. The molecule has 1 heterocycles. The molecule has 0 saturated carbocycles. The Morgan fingerprint density at radius 2 is 1.92 bits per heavy atom. The second kappa shape index (κ2) is 7.32. The molecule has 2 unspecified atom stereocenters. The fourth-order valence-electron chi connectivity index (χ4n) is 2.83. The van der Waals surface area contributed by atoms with Gasteiger partial charge in [-0.05, 0) is 19.1 Å². The minimum absolute atomic E-state index is 0.207. The second-order valence-corrected chi connectivity index (χ2v) is 6.13. The van der Waals surface area contributed by atoms with E-state index in [9.17, 15) is 22.8 Å². The molecule has 9 heteroatoms. The molecule has 4 nitrogen and oxygen atoms in total. The first-order valence-electron chi connectivity index (χ1n) is 7.28. The van der Waals surface area contributed by atoms with E-state index in [0.29, 0.717) is 0 Å². The van der Waals surface area contributed by atoms with Crippen molar-refractivity contribution in [1.29, 1.82) is 5.26 Å². The largest absolute Gasteiger partial charge is 0.432 e. The van der Waals surface area contributed by atoms with Gasteiger partial charge in [-0.2, -0.15) is 18.4 Å². The Balaban J connectivity index is 2.62. The van der Waals surface area contributed by atoms with E-state index in [-0.39, 0.29) is 23.4 Å². The lowest BCUT2D eigenvalue weighted by molar-refractivity contribution is -0.219. The third kappa shape index (κ3) is 3.38. The second-order valence-electron chi connectivity index (χ2n) is 5.27. The van der Waals surface area contributed by atoms with Crippen LogP contribution in [0.25, 0.3) is 0 Å². The normalized spacial score (nSPS) is 23.9. The van der Waals surface area contributed by atoms with Crippen LogP contribution in [0.5, 0.6) is 0 Å². The molecule has 25 heavy (non-hydrogen) atoms. The van der Waals surface area contributed by atoms with Crippen LogP contribution >= 0.6 is 15.9 Å². The summed E-state index contributed by atoms with van der Waals surface area (Å²) < 4.78 is 64.2. The van der Waals surface area contributed by atoms with E-state index in [1.807, 2.05) is 6.07 Å². The molecule has 0 bridgehead atoms. The van der Waals surface area contributed by atoms with Gasteiger partial charge in [0, 0.05) is 23.7 Å². The number of benzene rings is 1. The summed E-state index contributed by atoms with van der Waals surface area (Å²) in [6, 6.07) is 6.64. The van der Waals surface area contributed by atoms with Gasteiger partial charge < -0.3 is 14.4 Å². The molecule has 1 aromatic carbocycles. The van der Waals surface area contributed by atoms with Gasteiger partial charge in [0.25, 0.3) is 0 Å². The van der Waals surface area contributed by atoms with E-state index in [1.54, 1.807) is 6.92 Å². The number of halogens is 5. The first-order valence-corrected chi connectivity index (χ1v) is 8.07. The molecule has 1 aliphatic rings. The summed E-state index contributed by atoms with van der Waals surface area (Å²) in [6.45, 7) is 1.65. The van der Waals surface area contributed by atoms with E-state index >= 15 is 0 Å². The molecule has 2 rings (SSSR count). The molecule has 0 amide bonds. The van der Waals surface area contributed by atoms with Crippen LogP contribution in [-0.2, 0) is 15.2 Å². The number of ether oxygens (including phenoxy) is 2. The molecule has 136 valence electrons. The van der Waals surface area contributed by atoms with Crippen molar-refractivity contribution in [2.75, 3.05) is 20.4 Å². The van der Waals surface area contributed by atoms with Gasteiger partial charge in [0.15, 0.2) is 5.72 Å². The Morgan fingerprint density at radius 1 is 1.32 bits per heavy atom. The molecule has 0 N–H and O–H groups in total. The molecule has 0 aromatic heterocycles. The van der Waals surface area contributed by atoms with Gasteiger partial charge in [-0.25, -0.2) is 4.39 Å². The summed E-state index contributed by atoms with van der Waals surface area (Å²) in [7, 11) is 1.18. The Bertz CT molecular complexity index is 700. The van der Waals surface area contributed by atoms with E-state index in [0.717, 1.165) is 17.0 Å². The highest BCUT2D eigenvalue weighted by molar-refractivity contribution is 9.11. The zero-order valence-corrected chi connectivity index (χ0v) is 15.0. The molecular formula is C16H15BrF4N2O2. The predicted molar refractivity (Wildman–Crippen MR) is 84.5 cm³/mol. The fourth-order valence-corrected chi connectivity index (χ4v) is 3.73. The van der Waals surface area contributed by atoms with Crippen LogP contribution in [0.4, 0.5) is 17.6 Å². The Morgan fingerprint density at radius 3 is 2.40 bits per heavy atom. The van der Waals surface area contributed by atoms with Crippen molar-refractivity contribution in [1.82, 2.24) is 4.90 Å². The molecule has 0 aliphatic carbocycles. The predicted octanol–water partition coefficient (Wildman–Crippen LogP) is 4.24. The van der Waals surface area contributed by atoms with Crippen LogP contribution in [0, 0.1) is 23.1 Å². The lowest BCUT2D eigenvalue weighted by atomic mass is 9.91. The maximum Gasteiger partial charge on any atom is 0.432 e. The van der Waals surface area contributed by atoms with Gasteiger partial charge in [0.2, 0.25) is 0 Å². The van der Waals surface area contributed by atoms with Crippen LogP contribution in [0.2, 0.25) is 0 Å². The zero-order valence-electron chi connectivity index (χ0n) is 13.4. The van der Waals surface area contributed by atoms with Crippen molar-refractivity contribution >= 4 is 15.9 Å². The van der Waals surface area contributed by atoms with E-state index < -0.39 is 29.3 Å². The van der Waals surface area contributed by atoms with Crippen molar-refractivity contribution in [3.8, 4) is 6.07 Å². The molecule has 1 aliphatic heterocycles. The Kier molecular flexibility index (Phi) is 5.76. The molecule has 0 fully saturated rings. The van der Waals surface area contributed by atoms with E-state index in [4.69, 9.17) is 9.47 Å². The first kappa shape index (κ1) is 19.7. The highest BCUT2D eigenvalue weighted by atomic mass is 79.9. The Labute approximate surface area is 150 Å². The molecular weight excluding hydrogens is 408 g/mol. The van der Waals surface area contributed by atoms with Crippen molar-refractivity contribution in [3.63, 3.8) is 0 Å². The van der Waals surface area contributed by atoms with Crippen LogP contribution < -0.4 is 0 Å². The number of hydrogen-bond acceptors (Lipinski definition) is 4. The summed E-state index contributed by atoms with van der Waals surface area (Å²) in [6.07, 6.45) is -4.71. The van der Waals surface area contributed by atoms with Gasteiger partial charge in [-0.15, -0.1) is 0 Å². The van der Waals surface area contributed by atoms with Crippen LogP contribution in [0.3, 0.4) is 0 Å². The van der Waals surface area contributed by atoms with Crippen molar-refractivity contribution in [3.05, 3.63) is 45.8 Å². The van der Waals surface area contributed by atoms with Crippen LogP contribution in [-0.4, -0.2) is 31.5 Å². The minimum atomic E-state index is -4.71. The van der Waals surface area contributed by atoms with Crippen LogP contribution in [0.15, 0.2) is 34.4 Å². The SMILES string of the molecule is CCOCOC1(c2ccc(F)cc2)C(C#N)C(Br)=C(C(F)(F)F)N1C. The molecule has 0 radical (unpaired) electrons. The highest BCUT2D eigenvalue weighted by Crippen LogP contribution is 2.54. The maximum absolute atomic E-state index is 13.5. The fraction of sp³-hybridized carbons (Fsp3) is 0.438. The average molecular weight is 423 g/mol. The molecule has 0 saturated heterocycles. The van der Waals surface area contributed by atoms with Gasteiger partial charge >= 0.3 is 6.18 Å². The number of nitrogens with zero attached hydrogens (tertiary/aromatic N) is 2. The van der Waals surface area contributed by atoms with Gasteiger partial charge in [0.1, 0.15) is 24.2 Å². The van der Waals surface area contributed by atoms with Crippen LogP contribution in [0.1, 0.15) is 12.5 Å². The number of rotatable bonds is 5. The standard InChI is InChI=1S/C16H15BrF4N2O2/c1-3-24-9-25-15(10-4-6-11(18)7-5-10)12(8-22)13(17)14(23(15)2)16(19,20)21/h4-7,12H,3,9H2,1-2H3. The van der Waals surface area contributed by atoms with Crippen molar-refractivity contribution < 1.29 is 27.0 Å². The highest BCUT2D eigenvalue weighted by Gasteiger charge is 2.60. The Hall–Kier alpha value is -1.63. The summed E-state index contributed by atoms with van der Waals surface area (Å²) >= 11 is 2.90. The summed E-state index contributed by atoms with van der Waals surface area (Å²) in [4.78, 5) is 0.844. The zero-order chi connectivity index (χ0) is 18.8. The topological polar surface area (TPSA) is 45.5 Å². The minimum Gasteiger partial charge on any atom is -0.356 e. The number of nitriles is 1. The molecule has 2 atom stereocenters. The third-order valence-electron chi connectivity index (χ3n) is 3.93. The van der Waals surface area contributed by atoms with E-state index in [1.165, 1.54) is 19.2 Å². The average Bonchev–Trinajstić information content (AvgIpc) is 2.75.